The molecule has 3 rings (SSSR count). The first kappa shape index (κ1) is 26.6. The topological polar surface area (TPSA) is 96.9 Å². The Bertz CT molecular complexity index is 983. The molecule has 1 heterocycles. The number of anilines is 2. The van der Waals surface area contributed by atoms with E-state index in [0.29, 0.717) is 56.9 Å². The fourth-order valence-corrected chi connectivity index (χ4v) is 4.41. The zero-order chi connectivity index (χ0) is 25.3. The van der Waals surface area contributed by atoms with Gasteiger partial charge in [-0.25, -0.2) is 14.6 Å². The molecule has 0 aliphatic carbocycles. The summed E-state index contributed by atoms with van der Waals surface area (Å²) in [6.45, 7) is 3.05. The van der Waals surface area contributed by atoms with Crippen molar-refractivity contribution in [1.29, 1.82) is 0 Å². The highest BCUT2D eigenvalue weighted by molar-refractivity contribution is 7.97. The Kier molecular flexibility index (Phi) is 9.64. The molecule has 0 bridgehead atoms. The molecule has 35 heavy (non-hydrogen) atoms. The van der Waals surface area contributed by atoms with Crippen LogP contribution in [-0.2, 0) is 11.0 Å². The van der Waals surface area contributed by atoms with Crippen molar-refractivity contribution in [3.63, 3.8) is 0 Å². The standard InChI is InChI=1S/C23H28F3N5O3S/c24-23(25,26)17-4-3-5-19(16-17)30-12-14-31(15-13-30)35-20-9-7-18(8-10-20)28-22(33)27-11-2-1-6-21(32)29-34/h3-5,7-10,16,34H,1-2,6,11-15H2,(H,29,32)(H2,27,28,33). The quantitative estimate of drug-likeness (QED) is 0.173. The van der Waals surface area contributed by atoms with Crippen LogP contribution in [0.4, 0.5) is 29.3 Å². The summed E-state index contributed by atoms with van der Waals surface area (Å²) in [4.78, 5) is 25.8. The van der Waals surface area contributed by atoms with Gasteiger partial charge in [-0.05, 0) is 67.3 Å². The molecule has 3 amide bonds. The van der Waals surface area contributed by atoms with Gasteiger partial charge in [0.05, 0.1) is 5.56 Å². The fraction of sp³-hybridized carbons (Fsp3) is 0.391. The highest BCUT2D eigenvalue weighted by atomic mass is 32.2. The number of halogens is 3. The average Bonchev–Trinajstić information content (AvgIpc) is 2.85. The van der Waals surface area contributed by atoms with Crippen LogP contribution in [0.2, 0.25) is 0 Å². The number of carbonyl (C=O) groups excluding carboxylic acids is 2. The van der Waals surface area contributed by atoms with E-state index in [4.69, 9.17) is 5.21 Å². The van der Waals surface area contributed by atoms with Gasteiger partial charge < -0.3 is 15.5 Å². The minimum atomic E-state index is -4.35. The molecule has 0 saturated carbocycles. The lowest BCUT2D eigenvalue weighted by molar-refractivity contribution is -0.137. The van der Waals surface area contributed by atoms with Crippen LogP contribution in [-0.4, -0.2) is 54.2 Å². The monoisotopic (exact) mass is 511 g/mol. The van der Waals surface area contributed by atoms with Gasteiger partial charge in [-0.3, -0.25) is 10.0 Å². The number of nitrogens with zero attached hydrogens (tertiary/aromatic N) is 2. The number of urea groups is 1. The van der Waals surface area contributed by atoms with Crippen molar-refractivity contribution in [2.45, 2.75) is 30.3 Å². The maximum Gasteiger partial charge on any atom is 0.416 e. The van der Waals surface area contributed by atoms with Crippen LogP contribution in [0.3, 0.4) is 0 Å². The van der Waals surface area contributed by atoms with Gasteiger partial charge in [0.1, 0.15) is 0 Å². The van der Waals surface area contributed by atoms with E-state index in [0.717, 1.165) is 11.0 Å². The Balaban J connectivity index is 1.39. The summed E-state index contributed by atoms with van der Waals surface area (Å²) in [6.07, 6.45) is -3.00. The summed E-state index contributed by atoms with van der Waals surface area (Å²) in [5.41, 5.74) is 2.14. The maximum atomic E-state index is 13.0. The number of benzene rings is 2. The van der Waals surface area contributed by atoms with Crippen LogP contribution in [0.1, 0.15) is 24.8 Å². The normalized spacial score (nSPS) is 14.5. The minimum Gasteiger partial charge on any atom is -0.369 e. The zero-order valence-electron chi connectivity index (χ0n) is 19.0. The van der Waals surface area contributed by atoms with Gasteiger partial charge in [-0.15, -0.1) is 0 Å². The number of amides is 3. The number of hydrogen-bond acceptors (Lipinski definition) is 6. The summed E-state index contributed by atoms with van der Waals surface area (Å²) < 4.78 is 41.1. The highest BCUT2D eigenvalue weighted by Gasteiger charge is 2.31. The second-order valence-corrected chi connectivity index (χ2v) is 9.12. The van der Waals surface area contributed by atoms with Crippen LogP contribution in [0.25, 0.3) is 0 Å². The van der Waals surface area contributed by atoms with Crippen LogP contribution in [0.5, 0.6) is 0 Å². The molecular weight excluding hydrogens is 483 g/mol. The van der Waals surface area contributed by atoms with Gasteiger partial charge >= 0.3 is 12.2 Å². The van der Waals surface area contributed by atoms with E-state index in [2.05, 4.69) is 14.9 Å². The third kappa shape index (κ3) is 8.64. The molecule has 190 valence electrons. The third-order valence-electron chi connectivity index (χ3n) is 5.36. The molecule has 12 heteroatoms. The number of hydroxylamine groups is 1. The Morgan fingerprint density at radius 1 is 1.00 bits per heavy atom. The van der Waals surface area contributed by atoms with E-state index >= 15 is 0 Å². The van der Waals surface area contributed by atoms with Crippen molar-refractivity contribution >= 4 is 35.3 Å². The molecular formula is C23H28F3N5O3S. The second-order valence-electron chi connectivity index (χ2n) is 7.95. The summed E-state index contributed by atoms with van der Waals surface area (Å²) >= 11 is 1.57. The van der Waals surface area contributed by atoms with E-state index in [1.807, 2.05) is 17.0 Å². The Labute approximate surface area is 205 Å². The first-order chi connectivity index (χ1) is 16.7. The van der Waals surface area contributed by atoms with Crippen molar-refractivity contribution < 1.29 is 28.0 Å². The van der Waals surface area contributed by atoms with E-state index in [1.165, 1.54) is 12.1 Å². The zero-order valence-corrected chi connectivity index (χ0v) is 19.8. The number of unbranched alkanes of at least 4 members (excludes halogenated alkanes) is 1. The summed E-state index contributed by atoms with van der Waals surface area (Å²) in [5, 5.41) is 13.9. The Morgan fingerprint density at radius 2 is 1.71 bits per heavy atom. The third-order valence-corrected chi connectivity index (χ3v) is 6.47. The molecule has 0 spiro atoms. The van der Waals surface area contributed by atoms with Crippen molar-refractivity contribution in [2.75, 3.05) is 42.9 Å². The maximum absolute atomic E-state index is 13.0. The highest BCUT2D eigenvalue weighted by Crippen LogP contribution is 2.32. The van der Waals surface area contributed by atoms with Crippen molar-refractivity contribution in [3.05, 3.63) is 54.1 Å². The first-order valence-corrected chi connectivity index (χ1v) is 11.9. The van der Waals surface area contributed by atoms with E-state index in [9.17, 15) is 22.8 Å². The molecule has 1 aliphatic heterocycles. The van der Waals surface area contributed by atoms with Gasteiger partial charge in [0.2, 0.25) is 5.91 Å². The van der Waals surface area contributed by atoms with Gasteiger partial charge in [-0.2, -0.15) is 13.2 Å². The van der Waals surface area contributed by atoms with Gasteiger partial charge in [0, 0.05) is 55.4 Å². The van der Waals surface area contributed by atoms with Crippen LogP contribution >= 0.6 is 11.9 Å². The molecule has 0 radical (unpaired) electrons. The lowest BCUT2D eigenvalue weighted by atomic mass is 10.1. The number of carbonyl (C=O) groups is 2. The van der Waals surface area contributed by atoms with Crippen LogP contribution in [0, 0.1) is 0 Å². The molecule has 8 nitrogen and oxygen atoms in total. The first-order valence-electron chi connectivity index (χ1n) is 11.2. The van der Waals surface area contributed by atoms with Gasteiger partial charge in [0.25, 0.3) is 0 Å². The number of hydrogen-bond donors (Lipinski definition) is 4. The van der Waals surface area contributed by atoms with Gasteiger partial charge in [-0.1, -0.05) is 6.07 Å². The predicted molar refractivity (Wildman–Crippen MR) is 128 cm³/mol. The summed E-state index contributed by atoms with van der Waals surface area (Å²) in [7, 11) is 0. The summed E-state index contributed by atoms with van der Waals surface area (Å²) in [5.74, 6) is -0.454. The SMILES string of the molecule is O=C(CCCCNC(=O)Nc1ccc(SN2CCN(c3cccc(C(F)(F)F)c3)CC2)cc1)NO. The molecule has 1 aliphatic rings. The molecule has 0 atom stereocenters. The number of nitrogens with one attached hydrogen (secondary N) is 3. The molecule has 0 aromatic heterocycles. The number of piperazine rings is 1. The van der Waals surface area contributed by atoms with Crippen molar-refractivity contribution in [3.8, 4) is 0 Å². The lowest BCUT2D eigenvalue weighted by Crippen LogP contribution is -2.43. The molecule has 2 aromatic rings. The second kappa shape index (κ2) is 12.7. The largest absolute Gasteiger partial charge is 0.416 e. The van der Waals surface area contributed by atoms with E-state index < -0.39 is 17.6 Å². The van der Waals surface area contributed by atoms with Crippen LogP contribution in [0.15, 0.2) is 53.4 Å². The van der Waals surface area contributed by atoms with Crippen molar-refractivity contribution in [1.82, 2.24) is 15.1 Å². The summed E-state index contributed by atoms with van der Waals surface area (Å²) in [6, 6.07) is 12.5. The van der Waals surface area contributed by atoms with Crippen molar-refractivity contribution in [2.24, 2.45) is 0 Å². The van der Waals surface area contributed by atoms with E-state index in [1.54, 1.807) is 35.6 Å². The number of rotatable bonds is 9. The van der Waals surface area contributed by atoms with Crippen LogP contribution < -0.4 is 21.0 Å². The minimum absolute atomic E-state index is 0.194. The molecule has 2 aromatic carbocycles. The fourth-order valence-electron chi connectivity index (χ4n) is 3.51. The number of alkyl halides is 3. The Hall–Kier alpha value is -2.96. The molecule has 4 N–H and O–H groups in total. The molecule has 1 fully saturated rings. The van der Waals surface area contributed by atoms with E-state index in [-0.39, 0.29) is 12.5 Å². The Morgan fingerprint density at radius 3 is 2.37 bits per heavy atom. The van der Waals surface area contributed by atoms with Gasteiger partial charge in [0.15, 0.2) is 0 Å². The average molecular weight is 512 g/mol. The predicted octanol–water partition coefficient (Wildman–Crippen LogP) is 4.33. The molecule has 1 saturated heterocycles. The smallest absolute Gasteiger partial charge is 0.369 e. The molecule has 0 unspecified atom stereocenters. The lowest BCUT2D eigenvalue weighted by Gasteiger charge is -2.35.